The molecule has 0 aliphatic carbocycles. The van der Waals surface area contributed by atoms with Crippen molar-refractivity contribution in [1.29, 1.82) is 0 Å². The molecule has 1 unspecified atom stereocenters. The summed E-state index contributed by atoms with van der Waals surface area (Å²) in [5.41, 5.74) is 0. The summed E-state index contributed by atoms with van der Waals surface area (Å²) in [4.78, 5) is 3.93. The van der Waals surface area contributed by atoms with E-state index >= 15 is 0 Å². The van der Waals surface area contributed by atoms with Crippen LogP contribution in [0.2, 0.25) is 0 Å². The van der Waals surface area contributed by atoms with Gasteiger partial charge in [0, 0.05) is 22.6 Å². The number of aromatic nitrogens is 1. The second-order valence-electron chi connectivity index (χ2n) is 3.33. The molecule has 1 rings (SSSR count). The topological polar surface area (TPSA) is 24.9 Å². The number of nitrogens with zero attached hydrogens (tertiary/aromatic N) is 1. The average Bonchev–Trinajstić information content (AvgIpc) is 2.14. The zero-order valence-corrected chi connectivity index (χ0v) is 10.8. The fraction of sp³-hybridized carbons (Fsp3) is 0.500. The van der Waals surface area contributed by atoms with E-state index in [1.165, 1.54) is 6.07 Å². The molecule has 0 bridgehead atoms. The standard InChI is InChI=1S/C10H13BrClFN2/c1-7(12)3-2-4-14-10-9(13)5-8(11)6-15-10/h5-7H,2-4H2,1H3,(H,14,15). The number of anilines is 1. The van der Waals surface area contributed by atoms with Crippen molar-refractivity contribution in [2.45, 2.75) is 25.1 Å². The van der Waals surface area contributed by atoms with Gasteiger partial charge < -0.3 is 5.32 Å². The van der Waals surface area contributed by atoms with E-state index in [1.54, 1.807) is 6.20 Å². The Morgan fingerprint density at radius 1 is 1.67 bits per heavy atom. The van der Waals surface area contributed by atoms with Crippen LogP contribution in [0.15, 0.2) is 16.7 Å². The summed E-state index contributed by atoms with van der Waals surface area (Å²) in [5, 5.41) is 3.09. The summed E-state index contributed by atoms with van der Waals surface area (Å²) < 4.78 is 13.9. The lowest BCUT2D eigenvalue weighted by Crippen LogP contribution is -2.06. The molecular weight excluding hydrogens is 282 g/mol. The summed E-state index contributed by atoms with van der Waals surface area (Å²) >= 11 is 8.94. The maximum atomic E-state index is 13.3. The largest absolute Gasteiger partial charge is 0.368 e. The minimum Gasteiger partial charge on any atom is -0.368 e. The Kier molecular flexibility index (Phi) is 5.32. The summed E-state index contributed by atoms with van der Waals surface area (Å²) in [6.45, 7) is 2.63. The molecule has 0 fully saturated rings. The molecule has 0 saturated heterocycles. The highest BCUT2D eigenvalue weighted by Gasteiger charge is 2.03. The normalized spacial score (nSPS) is 12.5. The molecule has 84 valence electrons. The zero-order valence-electron chi connectivity index (χ0n) is 8.43. The SMILES string of the molecule is CC(Cl)CCCNc1ncc(Br)cc1F. The predicted molar refractivity (Wildman–Crippen MR) is 64.9 cm³/mol. The minimum absolute atomic E-state index is 0.162. The van der Waals surface area contributed by atoms with Gasteiger partial charge in [0.05, 0.1) is 0 Å². The van der Waals surface area contributed by atoms with Gasteiger partial charge in [-0.2, -0.15) is 0 Å². The third-order valence-corrected chi connectivity index (χ3v) is 2.53. The molecule has 5 heteroatoms. The van der Waals surface area contributed by atoms with E-state index in [0.717, 1.165) is 12.8 Å². The highest BCUT2D eigenvalue weighted by atomic mass is 79.9. The third-order valence-electron chi connectivity index (χ3n) is 1.88. The molecule has 0 amide bonds. The molecule has 1 atom stereocenters. The predicted octanol–water partition coefficient (Wildman–Crippen LogP) is 3.80. The molecule has 1 heterocycles. The first-order chi connectivity index (χ1) is 7.09. The first kappa shape index (κ1) is 12.7. The van der Waals surface area contributed by atoms with Crippen molar-refractivity contribution >= 4 is 33.3 Å². The fourth-order valence-corrected chi connectivity index (χ4v) is 1.59. The molecule has 2 nitrogen and oxygen atoms in total. The molecular formula is C10H13BrClFN2. The number of nitrogens with one attached hydrogen (secondary N) is 1. The van der Waals surface area contributed by atoms with Crippen LogP contribution in [0.25, 0.3) is 0 Å². The van der Waals surface area contributed by atoms with Crippen molar-refractivity contribution in [3.05, 3.63) is 22.6 Å². The van der Waals surface area contributed by atoms with E-state index in [9.17, 15) is 4.39 Å². The van der Waals surface area contributed by atoms with Crippen molar-refractivity contribution in [3.63, 3.8) is 0 Å². The Bertz CT molecular complexity index is 320. The van der Waals surface area contributed by atoms with Crippen LogP contribution in [-0.2, 0) is 0 Å². The van der Waals surface area contributed by atoms with E-state index < -0.39 is 0 Å². The third kappa shape index (κ3) is 4.80. The van der Waals surface area contributed by atoms with Crippen molar-refractivity contribution in [2.75, 3.05) is 11.9 Å². The van der Waals surface area contributed by atoms with Gasteiger partial charge in [0.2, 0.25) is 0 Å². The van der Waals surface area contributed by atoms with Crippen LogP contribution >= 0.6 is 27.5 Å². The number of alkyl halides is 1. The maximum Gasteiger partial charge on any atom is 0.166 e. The Hall–Kier alpha value is -0.350. The Morgan fingerprint density at radius 3 is 3.00 bits per heavy atom. The summed E-state index contributed by atoms with van der Waals surface area (Å²) in [6.07, 6.45) is 3.38. The molecule has 1 aromatic rings. The van der Waals surface area contributed by atoms with Gasteiger partial charge in [-0.3, -0.25) is 0 Å². The fourth-order valence-electron chi connectivity index (χ4n) is 1.13. The van der Waals surface area contributed by atoms with Crippen LogP contribution in [0.4, 0.5) is 10.2 Å². The van der Waals surface area contributed by atoms with Gasteiger partial charge in [-0.25, -0.2) is 9.37 Å². The first-order valence-corrected chi connectivity index (χ1v) is 6.01. The highest BCUT2D eigenvalue weighted by Crippen LogP contribution is 2.16. The van der Waals surface area contributed by atoms with Crippen LogP contribution in [-0.4, -0.2) is 16.9 Å². The average molecular weight is 296 g/mol. The zero-order chi connectivity index (χ0) is 11.3. The number of halogens is 3. The Labute approximate surface area is 102 Å². The molecule has 0 aliphatic heterocycles. The molecule has 1 aromatic heterocycles. The van der Waals surface area contributed by atoms with E-state index in [-0.39, 0.29) is 11.2 Å². The van der Waals surface area contributed by atoms with Gasteiger partial charge in [-0.05, 0) is 41.8 Å². The van der Waals surface area contributed by atoms with Gasteiger partial charge in [0.15, 0.2) is 11.6 Å². The van der Waals surface area contributed by atoms with Gasteiger partial charge in [-0.15, -0.1) is 11.6 Å². The second kappa shape index (κ2) is 6.28. The first-order valence-electron chi connectivity index (χ1n) is 4.78. The quantitative estimate of drug-likeness (QED) is 0.660. The molecule has 0 saturated carbocycles. The van der Waals surface area contributed by atoms with E-state index in [1.807, 2.05) is 6.92 Å². The number of hydrogen-bond donors (Lipinski definition) is 1. The van der Waals surface area contributed by atoms with Gasteiger partial charge in [0.1, 0.15) is 0 Å². The number of pyridine rings is 1. The lowest BCUT2D eigenvalue weighted by atomic mass is 10.2. The van der Waals surface area contributed by atoms with Gasteiger partial charge >= 0.3 is 0 Å². The molecule has 15 heavy (non-hydrogen) atoms. The van der Waals surface area contributed by atoms with Crippen LogP contribution in [0.1, 0.15) is 19.8 Å². The smallest absolute Gasteiger partial charge is 0.166 e. The van der Waals surface area contributed by atoms with Crippen molar-refractivity contribution in [3.8, 4) is 0 Å². The van der Waals surface area contributed by atoms with Crippen LogP contribution in [0.5, 0.6) is 0 Å². The monoisotopic (exact) mass is 294 g/mol. The summed E-state index contributed by atoms with van der Waals surface area (Å²) in [5.74, 6) is -0.0521. The minimum atomic E-state index is -0.344. The van der Waals surface area contributed by atoms with E-state index in [2.05, 4.69) is 26.2 Å². The lowest BCUT2D eigenvalue weighted by Gasteiger charge is -2.07. The molecule has 0 spiro atoms. The Balaban J connectivity index is 2.37. The van der Waals surface area contributed by atoms with Crippen LogP contribution in [0, 0.1) is 5.82 Å². The van der Waals surface area contributed by atoms with E-state index in [4.69, 9.17) is 11.6 Å². The molecule has 0 aliphatic rings. The van der Waals surface area contributed by atoms with Gasteiger partial charge in [0.25, 0.3) is 0 Å². The lowest BCUT2D eigenvalue weighted by molar-refractivity contribution is 0.621. The maximum absolute atomic E-state index is 13.3. The number of rotatable bonds is 5. The molecule has 0 aromatic carbocycles. The number of hydrogen-bond acceptors (Lipinski definition) is 2. The molecule has 1 N–H and O–H groups in total. The summed E-state index contributed by atoms with van der Waals surface area (Å²) in [7, 11) is 0. The van der Waals surface area contributed by atoms with Crippen molar-refractivity contribution < 1.29 is 4.39 Å². The Morgan fingerprint density at radius 2 is 2.40 bits per heavy atom. The van der Waals surface area contributed by atoms with Crippen LogP contribution < -0.4 is 5.32 Å². The summed E-state index contributed by atoms with van der Waals surface area (Å²) in [6, 6.07) is 1.39. The van der Waals surface area contributed by atoms with Gasteiger partial charge in [-0.1, -0.05) is 0 Å². The van der Waals surface area contributed by atoms with Crippen molar-refractivity contribution in [1.82, 2.24) is 4.98 Å². The second-order valence-corrected chi connectivity index (χ2v) is 4.99. The van der Waals surface area contributed by atoms with E-state index in [0.29, 0.717) is 16.8 Å². The molecule has 0 radical (unpaired) electrons. The van der Waals surface area contributed by atoms with Crippen LogP contribution in [0.3, 0.4) is 0 Å². The van der Waals surface area contributed by atoms with Crippen molar-refractivity contribution in [2.24, 2.45) is 0 Å². The highest BCUT2D eigenvalue weighted by molar-refractivity contribution is 9.10.